The van der Waals surface area contributed by atoms with Gasteiger partial charge in [0.2, 0.25) is 5.91 Å². The highest BCUT2D eigenvalue weighted by Crippen LogP contribution is 2.27. The molecule has 202 valence electrons. The topological polar surface area (TPSA) is 164 Å². The van der Waals surface area contributed by atoms with E-state index in [0.29, 0.717) is 23.0 Å². The molecule has 0 unspecified atom stereocenters. The van der Waals surface area contributed by atoms with Crippen LogP contribution in [-0.2, 0) is 4.79 Å². The minimum Gasteiger partial charge on any atom is -0.366 e. The smallest absolute Gasteiger partial charge is 0.276 e. The molecule has 1 atom stereocenters. The number of nitrogens with one attached hydrogen (secondary N) is 4. The molecule has 0 radical (unpaired) electrons. The van der Waals surface area contributed by atoms with Crippen LogP contribution in [0.25, 0.3) is 5.65 Å². The number of hydrogen-bond donors (Lipinski definition) is 5. The second kappa shape index (κ2) is 11.4. The first-order valence-corrected chi connectivity index (χ1v) is 12.7. The van der Waals surface area contributed by atoms with Crippen LogP contribution < -0.4 is 27.0 Å². The second-order valence-corrected chi connectivity index (χ2v) is 9.46. The molecule has 1 fully saturated rings. The fourth-order valence-corrected chi connectivity index (χ4v) is 4.45. The summed E-state index contributed by atoms with van der Waals surface area (Å²) in [7, 11) is 0. The first kappa shape index (κ1) is 26.0. The molecule has 0 bridgehead atoms. The van der Waals surface area contributed by atoms with Crippen LogP contribution in [0.5, 0.6) is 0 Å². The van der Waals surface area contributed by atoms with Crippen molar-refractivity contribution < 1.29 is 14.0 Å². The highest BCUT2D eigenvalue weighted by atomic mass is 19.1. The molecule has 0 spiro atoms. The molecule has 12 nitrogen and oxygen atoms in total. The molecule has 0 saturated heterocycles. The van der Waals surface area contributed by atoms with Crippen molar-refractivity contribution >= 4 is 40.5 Å². The Morgan fingerprint density at radius 3 is 2.54 bits per heavy atom. The van der Waals surface area contributed by atoms with E-state index in [1.54, 1.807) is 13.1 Å². The Bertz CT molecular complexity index is 1470. The monoisotopic (exact) mass is 532 g/mol. The quantitative estimate of drug-likeness (QED) is 0.229. The van der Waals surface area contributed by atoms with Crippen LogP contribution in [0.2, 0.25) is 0 Å². The minimum absolute atomic E-state index is 0.000978. The Morgan fingerprint density at radius 2 is 1.82 bits per heavy atom. The number of nitrogens with two attached hydrogens (primary N) is 1. The van der Waals surface area contributed by atoms with E-state index in [1.165, 1.54) is 23.0 Å². The van der Waals surface area contributed by atoms with Gasteiger partial charge in [-0.1, -0.05) is 6.07 Å². The molecule has 4 aromatic heterocycles. The van der Waals surface area contributed by atoms with Gasteiger partial charge in [-0.05, 0) is 50.8 Å². The van der Waals surface area contributed by atoms with Gasteiger partial charge >= 0.3 is 0 Å². The van der Waals surface area contributed by atoms with Crippen molar-refractivity contribution in [2.45, 2.75) is 50.7 Å². The van der Waals surface area contributed by atoms with Gasteiger partial charge in [-0.3, -0.25) is 14.6 Å². The van der Waals surface area contributed by atoms with Crippen LogP contribution in [0.3, 0.4) is 0 Å². The number of amides is 2. The number of anilines is 4. The maximum atomic E-state index is 14.1. The molecule has 1 aliphatic rings. The summed E-state index contributed by atoms with van der Waals surface area (Å²) >= 11 is 0. The lowest BCUT2D eigenvalue weighted by Gasteiger charge is -2.30. The number of rotatable bonds is 8. The van der Waals surface area contributed by atoms with Gasteiger partial charge < -0.3 is 27.0 Å². The third kappa shape index (κ3) is 6.09. The Morgan fingerprint density at radius 1 is 1.03 bits per heavy atom. The summed E-state index contributed by atoms with van der Waals surface area (Å²) in [5.41, 5.74) is 6.77. The normalized spacial score (nSPS) is 17.8. The van der Waals surface area contributed by atoms with Gasteiger partial charge in [0.25, 0.3) is 5.91 Å². The van der Waals surface area contributed by atoms with Crippen molar-refractivity contribution in [3.05, 3.63) is 66.6 Å². The molecular weight excluding hydrogens is 503 g/mol. The van der Waals surface area contributed by atoms with Crippen LogP contribution in [0.1, 0.15) is 43.1 Å². The first-order valence-electron chi connectivity index (χ1n) is 12.7. The third-order valence-corrected chi connectivity index (χ3v) is 6.49. The van der Waals surface area contributed by atoms with Gasteiger partial charge in [0.05, 0.1) is 29.8 Å². The van der Waals surface area contributed by atoms with Crippen LogP contribution in [0.15, 0.2) is 55.1 Å². The zero-order chi connectivity index (χ0) is 27.4. The molecule has 4 heterocycles. The van der Waals surface area contributed by atoms with Crippen LogP contribution >= 0.6 is 0 Å². The van der Waals surface area contributed by atoms with Crippen LogP contribution in [-0.4, -0.2) is 54.5 Å². The fourth-order valence-electron chi connectivity index (χ4n) is 4.45. The van der Waals surface area contributed by atoms with Crippen molar-refractivity contribution in [1.29, 1.82) is 0 Å². The van der Waals surface area contributed by atoms with Crippen molar-refractivity contribution in [1.82, 2.24) is 29.9 Å². The number of aromatic nitrogens is 5. The fraction of sp³-hybridized carbons (Fsp3) is 0.308. The summed E-state index contributed by atoms with van der Waals surface area (Å²) in [6.07, 6.45) is 8.68. The highest BCUT2D eigenvalue weighted by molar-refractivity contribution is 6.03. The number of fused-ring (bicyclic) bond motifs is 1. The Hall–Kier alpha value is -4.65. The van der Waals surface area contributed by atoms with E-state index >= 15 is 0 Å². The maximum absolute atomic E-state index is 14.1. The Kier molecular flexibility index (Phi) is 7.59. The van der Waals surface area contributed by atoms with Crippen LogP contribution in [0, 0.1) is 5.82 Å². The van der Waals surface area contributed by atoms with E-state index in [9.17, 15) is 14.0 Å². The minimum atomic E-state index is -0.653. The van der Waals surface area contributed by atoms with Gasteiger partial charge in [0.15, 0.2) is 17.2 Å². The van der Waals surface area contributed by atoms with E-state index in [0.717, 1.165) is 31.9 Å². The van der Waals surface area contributed by atoms with Crippen LogP contribution in [0.4, 0.5) is 27.4 Å². The predicted octanol–water partition coefficient (Wildman–Crippen LogP) is 2.84. The average molecular weight is 533 g/mol. The van der Waals surface area contributed by atoms with Gasteiger partial charge in [-0.2, -0.15) is 0 Å². The SMILES string of the molecule is C[C@@H](N)C(=O)N[C@H]1CC[C@H](Nc2cc(Nc3ccccn3)c3ncc(C(=O)Nc4ccncc4F)n3n2)CC1. The van der Waals surface area contributed by atoms with E-state index in [4.69, 9.17) is 5.73 Å². The number of nitrogens with zero attached hydrogens (tertiary/aromatic N) is 5. The maximum Gasteiger partial charge on any atom is 0.276 e. The molecule has 4 aromatic rings. The summed E-state index contributed by atoms with van der Waals surface area (Å²) in [6, 6.07) is 8.29. The molecule has 5 rings (SSSR count). The average Bonchev–Trinajstić information content (AvgIpc) is 3.36. The lowest BCUT2D eigenvalue weighted by molar-refractivity contribution is -0.122. The zero-order valence-electron chi connectivity index (χ0n) is 21.3. The molecule has 0 aliphatic heterocycles. The second-order valence-electron chi connectivity index (χ2n) is 9.46. The molecule has 2 amide bonds. The molecule has 13 heteroatoms. The highest BCUT2D eigenvalue weighted by Gasteiger charge is 2.25. The number of halogens is 1. The van der Waals surface area contributed by atoms with Crippen molar-refractivity contribution in [3.63, 3.8) is 0 Å². The molecule has 1 aliphatic carbocycles. The summed E-state index contributed by atoms with van der Waals surface area (Å²) < 4.78 is 15.5. The van der Waals surface area contributed by atoms with E-state index in [1.807, 2.05) is 24.3 Å². The molecule has 1 saturated carbocycles. The van der Waals surface area contributed by atoms with Crippen molar-refractivity contribution in [2.24, 2.45) is 5.73 Å². The van der Waals surface area contributed by atoms with E-state index in [-0.39, 0.29) is 29.4 Å². The van der Waals surface area contributed by atoms with Gasteiger partial charge in [-0.25, -0.2) is 18.9 Å². The number of carbonyl (C=O) groups is 2. The summed E-state index contributed by atoms with van der Waals surface area (Å²) in [4.78, 5) is 37.5. The molecule has 39 heavy (non-hydrogen) atoms. The predicted molar refractivity (Wildman–Crippen MR) is 144 cm³/mol. The number of pyridine rings is 2. The van der Waals surface area contributed by atoms with E-state index in [2.05, 4.69) is 41.3 Å². The van der Waals surface area contributed by atoms with Crippen molar-refractivity contribution in [2.75, 3.05) is 16.0 Å². The van der Waals surface area contributed by atoms with Gasteiger partial charge in [0, 0.05) is 30.5 Å². The Labute approximate surface area is 223 Å². The molecule has 6 N–H and O–H groups in total. The first-order chi connectivity index (χ1) is 18.9. The summed E-state index contributed by atoms with van der Waals surface area (Å²) in [5, 5.41) is 16.9. The lowest BCUT2D eigenvalue weighted by Crippen LogP contribution is -2.46. The number of imidazole rings is 1. The van der Waals surface area contributed by atoms with E-state index < -0.39 is 17.8 Å². The molecule has 0 aromatic carbocycles. The number of carbonyl (C=O) groups excluding carboxylic acids is 2. The Balaban J connectivity index is 1.40. The van der Waals surface area contributed by atoms with Gasteiger partial charge in [0.1, 0.15) is 11.6 Å². The largest absolute Gasteiger partial charge is 0.366 e. The standard InChI is InChI=1S/C26H29FN10O2/c1-15(28)25(38)33-17-7-5-16(6-8-17)32-23-12-20(34-22-4-2-3-10-30-22)24-31-14-21(37(24)36-23)26(39)35-19-9-11-29-13-18(19)27/h2-4,9-17H,5-8,28H2,1H3,(H,30,34)(H,32,36)(H,33,38)(H,29,35,39)/t15-,16-,17-/m1/s1. The zero-order valence-corrected chi connectivity index (χ0v) is 21.3. The lowest BCUT2D eigenvalue weighted by atomic mass is 9.91. The van der Waals surface area contributed by atoms with Gasteiger partial charge in [-0.15, -0.1) is 5.10 Å². The molecular formula is C26H29FN10O2. The summed E-state index contributed by atoms with van der Waals surface area (Å²) in [6.45, 7) is 1.67. The third-order valence-electron chi connectivity index (χ3n) is 6.49. The number of hydrogen-bond acceptors (Lipinski definition) is 9. The summed E-state index contributed by atoms with van der Waals surface area (Å²) in [5.74, 6) is -0.270. The van der Waals surface area contributed by atoms with Crippen molar-refractivity contribution in [3.8, 4) is 0 Å².